The highest BCUT2D eigenvalue weighted by Gasteiger charge is 2.23. The third kappa shape index (κ3) is 5.58. The molecule has 3 rings (SSSR count). The molecule has 1 fully saturated rings. The Morgan fingerprint density at radius 1 is 0.926 bits per heavy atom. The predicted molar refractivity (Wildman–Crippen MR) is 109 cm³/mol. The van der Waals surface area contributed by atoms with Gasteiger partial charge in [0.25, 0.3) is 5.91 Å². The van der Waals surface area contributed by atoms with Crippen molar-refractivity contribution in [2.24, 2.45) is 5.73 Å². The van der Waals surface area contributed by atoms with E-state index in [0.29, 0.717) is 5.56 Å². The molecule has 0 bridgehead atoms. The van der Waals surface area contributed by atoms with Crippen LogP contribution < -0.4 is 5.73 Å². The molecule has 0 aliphatic carbocycles. The quantitative estimate of drug-likeness (QED) is 0.745. The van der Waals surface area contributed by atoms with Crippen LogP contribution >= 0.6 is 11.8 Å². The monoisotopic (exact) mass is 383 g/mol. The van der Waals surface area contributed by atoms with Crippen LogP contribution in [0.4, 0.5) is 0 Å². The topological polar surface area (TPSA) is 66.6 Å². The maximum absolute atomic E-state index is 12.9. The second-order valence-electron chi connectivity index (χ2n) is 6.62. The molecular formula is C21H25N3O2S. The maximum atomic E-state index is 12.9. The first-order valence-electron chi connectivity index (χ1n) is 9.19. The van der Waals surface area contributed by atoms with Crippen LogP contribution in [0.1, 0.15) is 15.9 Å². The Morgan fingerprint density at radius 3 is 2.30 bits per heavy atom. The van der Waals surface area contributed by atoms with E-state index in [0.717, 1.165) is 44.0 Å². The zero-order valence-electron chi connectivity index (χ0n) is 15.3. The van der Waals surface area contributed by atoms with E-state index in [4.69, 9.17) is 5.73 Å². The van der Waals surface area contributed by atoms with Crippen molar-refractivity contribution >= 4 is 23.6 Å². The van der Waals surface area contributed by atoms with Gasteiger partial charge in [0.05, 0.1) is 11.3 Å². The summed E-state index contributed by atoms with van der Waals surface area (Å²) in [6.07, 6.45) is 1.03. The smallest absolute Gasteiger partial charge is 0.255 e. The number of nitrogens with two attached hydrogens (primary N) is 1. The van der Waals surface area contributed by atoms with Crippen molar-refractivity contribution < 1.29 is 9.59 Å². The van der Waals surface area contributed by atoms with Crippen molar-refractivity contribution in [3.63, 3.8) is 0 Å². The molecule has 142 valence electrons. The van der Waals surface area contributed by atoms with Gasteiger partial charge in [0.2, 0.25) is 5.91 Å². The summed E-state index contributed by atoms with van der Waals surface area (Å²) in [5.74, 6) is -0.169. The SMILES string of the molecule is NC(=O)CSc1ccccc1C(=O)N1CCN(CCc2ccccc2)CC1. The lowest BCUT2D eigenvalue weighted by atomic mass is 10.1. The second kappa shape index (κ2) is 9.58. The van der Waals surface area contributed by atoms with Gasteiger partial charge in [-0.05, 0) is 24.1 Å². The molecule has 1 aliphatic rings. The zero-order valence-corrected chi connectivity index (χ0v) is 16.2. The molecule has 2 aromatic carbocycles. The number of piperazine rings is 1. The van der Waals surface area contributed by atoms with Gasteiger partial charge < -0.3 is 10.6 Å². The Morgan fingerprint density at radius 2 is 1.59 bits per heavy atom. The second-order valence-corrected chi connectivity index (χ2v) is 7.64. The lowest BCUT2D eigenvalue weighted by molar-refractivity contribution is -0.115. The minimum absolute atomic E-state index is 0.0327. The standard InChI is InChI=1S/C21H25N3O2S/c22-20(25)16-27-19-9-5-4-8-18(19)21(26)24-14-12-23(13-15-24)11-10-17-6-2-1-3-7-17/h1-9H,10-16H2,(H2,22,25). The Balaban J connectivity index is 1.53. The molecule has 0 unspecified atom stereocenters. The van der Waals surface area contributed by atoms with E-state index in [2.05, 4.69) is 29.2 Å². The fourth-order valence-electron chi connectivity index (χ4n) is 3.19. The highest BCUT2D eigenvalue weighted by Crippen LogP contribution is 2.24. The zero-order chi connectivity index (χ0) is 19.1. The van der Waals surface area contributed by atoms with Gasteiger partial charge >= 0.3 is 0 Å². The van der Waals surface area contributed by atoms with Crippen molar-refractivity contribution in [2.45, 2.75) is 11.3 Å². The molecular weight excluding hydrogens is 358 g/mol. The molecule has 2 amide bonds. The van der Waals surface area contributed by atoms with Gasteiger partial charge in [-0.3, -0.25) is 14.5 Å². The molecule has 1 heterocycles. The van der Waals surface area contributed by atoms with Crippen LogP contribution in [0.5, 0.6) is 0 Å². The first-order chi connectivity index (χ1) is 13.1. The van der Waals surface area contributed by atoms with E-state index in [9.17, 15) is 9.59 Å². The molecule has 2 N–H and O–H groups in total. The Bertz CT molecular complexity index is 774. The third-order valence-electron chi connectivity index (χ3n) is 4.71. The molecule has 1 aliphatic heterocycles. The number of nitrogens with zero attached hydrogens (tertiary/aromatic N) is 2. The minimum Gasteiger partial charge on any atom is -0.369 e. The van der Waals surface area contributed by atoms with Crippen LogP contribution in [-0.2, 0) is 11.2 Å². The summed E-state index contributed by atoms with van der Waals surface area (Å²) in [5.41, 5.74) is 7.23. The number of hydrogen-bond acceptors (Lipinski definition) is 4. The number of carbonyl (C=O) groups excluding carboxylic acids is 2. The van der Waals surface area contributed by atoms with E-state index < -0.39 is 0 Å². The summed E-state index contributed by atoms with van der Waals surface area (Å²) in [7, 11) is 0. The predicted octanol–water partition coefficient (Wildman–Crippen LogP) is 2.26. The lowest BCUT2D eigenvalue weighted by Crippen LogP contribution is -2.49. The number of rotatable bonds is 7. The average molecular weight is 384 g/mol. The average Bonchev–Trinajstić information content (AvgIpc) is 2.71. The highest BCUT2D eigenvalue weighted by molar-refractivity contribution is 8.00. The van der Waals surface area contributed by atoms with Crippen molar-refractivity contribution in [3.8, 4) is 0 Å². The van der Waals surface area contributed by atoms with Crippen LogP contribution in [0.2, 0.25) is 0 Å². The van der Waals surface area contributed by atoms with Gasteiger partial charge in [-0.1, -0.05) is 42.5 Å². The summed E-state index contributed by atoms with van der Waals surface area (Å²) in [6, 6.07) is 17.9. The molecule has 0 saturated carbocycles. The molecule has 27 heavy (non-hydrogen) atoms. The van der Waals surface area contributed by atoms with Crippen molar-refractivity contribution in [3.05, 3.63) is 65.7 Å². The van der Waals surface area contributed by atoms with Crippen molar-refractivity contribution in [2.75, 3.05) is 38.5 Å². The Kier molecular flexibility index (Phi) is 6.90. The number of carbonyl (C=O) groups is 2. The fraction of sp³-hybridized carbons (Fsp3) is 0.333. The van der Waals surface area contributed by atoms with Gasteiger partial charge in [-0.25, -0.2) is 0 Å². The van der Waals surface area contributed by atoms with Crippen LogP contribution in [0, 0.1) is 0 Å². The Labute approximate surface area is 164 Å². The lowest BCUT2D eigenvalue weighted by Gasteiger charge is -2.35. The molecule has 2 aromatic rings. The van der Waals surface area contributed by atoms with Crippen LogP contribution in [0.15, 0.2) is 59.5 Å². The van der Waals surface area contributed by atoms with Crippen molar-refractivity contribution in [1.82, 2.24) is 9.80 Å². The fourth-order valence-corrected chi connectivity index (χ4v) is 3.98. The summed E-state index contributed by atoms with van der Waals surface area (Å²) in [4.78, 5) is 29.1. The summed E-state index contributed by atoms with van der Waals surface area (Å²) in [6.45, 7) is 4.23. The first kappa shape index (κ1) is 19.5. The molecule has 0 spiro atoms. The molecule has 1 saturated heterocycles. The number of primary amides is 1. The van der Waals surface area contributed by atoms with Gasteiger partial charge in [0.1, 0.15) is 0 Å². The van der Waals surface area contributed by atoms with E-state index in [1.807, 2.05) is 35.2 Å². The van der Waals surface area contributed by atoms with Crippen molar-refractivity contribution in [1.29, 1.82) is 0 Å². The van der Waals surface area contributed by atoms with Crippen LogP contribution in [0.25, 0.3) is 0 Å². The van der Waals surface area contributed by atoms with E-state index in [1.165, 1.54) is 17.3 Å². The molecule has 0 atom stereocenters. The first-order valence-corrected chi connectivity index (χ1v) is 10.2. The third-order valence-corrected chi connectivity index (χ3v) is 5.80. The van der Waals surface area contributed by atoms with Gasteiger partial charge in [-0.2, -0.15) is 0 Å². The van der Waals surface area contributed by atoms with Gasteiger partial charge in [0.15, 0.2) is 0 Å². The minimum atomic E-state index is -0.380. The van der Waals surface area contributed by atoms with Crippen LogP contribution in [-0.4, -0.2) is 60.1 Å². The van der Waals surface area contributed by atoms with Gasteiger partial charge in [0, 0.05) is 37.6 Å². The highest BCUT2D eigenvalue weighted by atomic mass is 32.2. The normalized spacial score (nSPS) is 14.9. The largest absolute Gasteiger partial charge is 0.369 e. The molecule has 6 heteroatoms. The van der Waals surface area contributed by atoms with E-state index >= 15 is 0 Å². The van der Waals surface area contributed by atoms with E-state index in [1.54, 1.807) is 0 Å². The van der Waals surface area contributed by atoms with Crippen LogP contribution in [0.3, 0.4) is 0 Å². The number of thioether (sulfide) groups is 1. The summed E-state index contributed by atoms with van der Waals surface area (Å²) in [5, 5.41) is 0. The Hall–Kier alpha value is -2.31. The summed E-state index contributed by atoms with van der Waals surface area (Å²) < 4.78 is 0. The van der Waals surface area contributed by atoms with E-state index in [-0.39, 0.29) is 17.6 Å². The van der Waals surface area contributed by atoms with Gasteiger partial charge in [-0.15, -0.1) is 11.8 Å². The molecule has 0 radical (unpaired) electrons. The number of hydrogen-bond donors (Lipinski definition) is 1. The maximum Gasteiger partial charge on any atom is 0.255 e. The number of amides is 2. The summed E-state index contributed by atoms with van der Waals surface area (Å²) >= 11 is 1.32. The number of benzene rings is 2. The molecule has 0 aromatic heterocycles. The molecule has 5 nitrogen and oxygen atoms in total.